The molecule has 0 bridgehead atoms. The van der Waals surface area contributed by atoms with Crippen molar-refractivity contribution in [1.82, 2.24) is 20.4 Å². The van der Waals surface area contributed by atoms with Crippen LogP contribution in [0.1, 0.15) is 50.7 Å². The maximum atomic E-state index is 5.20. The summed E-state index contributed by atoms with van der Waals surface area (Å²) < 4.78 is 5.20. The lowest BCUT2D eigenvalue weighted by Crippen LogP contribution is -2.45. The van der Waals surface area contributed by atoms with Gasteiger partial charge < -0.3 is 9.84 Å². The van der Waals surface area contributed by atoms with E-state index in [0.29, 0.717) is 6.04 Å². The quantitative estimate of drug-likeness (QED) is 0.848. The van der Waals surface area contributed by atoms with Gasteiger partial charge in [0.1, 0.15) is 0 Å². The second-order valence-corrected chi connectivity index (χ2v) is 5.76. The third kappa shape index (κ3) is 3.54. The Hall–Kier alpha value is -0.940. The first-order chi connectivity index (χ1) is 9.35. The maximum absolute atomic E-state index is 5.20. The van der Waals surface area contributed by atoms with Gasteiger partial charge >= 0.3 is 0 Å². The highest BCUT2D eigenvalue weighted by Gasteiger charge is 2.27. The van der Waals surface area contributed by atoms with E-state index in [4.69, 9.17) is 4.52 Å². The fraction of sp³-hybridized carbons (Fsp3) is 0.857. The number of aromatic nitrogens is 2. The van der Waals surface area contributed by atoms with Crippen LogP contribution in [-0.2, 0) is 13.0 Å². The van der Waals surface area contributed by atoms with Crippen molar-refractivity contribution in [3.05, 3.63) is 11.7 Å². The van der Waals surface area contributed by atoms with E-state index in [1.165, 1.54) is 32.1 Å². The van der Waals surface area contributed by atoms with Crippen molar-refractivity contribution in [1.29, 1.82) is 0 Å². The molecule has 0 spiro atoms. The molecule has 2 heterocycles. The Labute approximate surface area is 114 Å². The Kier molecular flexibility index (Phi) is 4.13. The lowest BCUT2D eigenvalue weighted by atomic mass is 10.0. The van der Waals surface area contributed by atoms with Crippen LogP contribution in [0.25, 0.3) is 0 Å². The highest BCUT2D eigenvalue weighted by atomic mass is 16.5. The fourth-order valence-electron chi connectivity index (χ4n) is 2.77. The number of hydrogen-bond acceptors (Lipinski definition) is 5. The first-order valence-corrected chi connectivity index (χ1v) is 7.64. The van der Waals surface area contributed by atoms with Gasteiger partial charge in [0.2, 0.25) is 5.89 Å². The van der Waals surface area contributed by atoms with E-state index in [0.717, 1.165) is 43.8 Å². The summed E-state index contributed by atoms with van der Waals surface area (Å²) in [5.41, 5.74) is 0. The maximum Gasteiger partial charge on any atom is 0.226 e. The van der Waals surface area contributed by atoms with Crippen LogP contribution < -0.4 is 5.32 Å². The highest BCUT2D eigenvalue weighted by molar-refractivity contribution is 4.90. The standard InChI is InChI=1S/C14H24N4O/c1-2-14-16-13(17-19-14)10-18-8-4-3-5-12(18)9-15-11-6-7-11/h11-12,15H,2-10H2,1H3. The molecule has 106 valence electrons. The molecule has 1 saturated carbocycles. The van der Waals surface area contributed by atoms with E-state index in [2.05, 4.69) is 20.4 Å². The SMILES string of the molecule is CCc1nc(CN2CCCCC2CNC2CC2)no1. The van der Waals surface area contributed by atoms with Gasteiger partial charge in [-0.1, -0.05) is 18.5 Å². The molecule has 0 aromatic carbocycles. The van der Waals surface area contributed by atoms with E-state index < -0.39 is 0 Å². The Balaban J connectivity index is 1.55. The van der Waals surface area contributed by atoms with Crippen LogP contribution in [0.5, 0.6) is 0 Å². The molecule has 0 radical (unpaired) electrons. The average Bonchev–Trinajstić information content (AvgIpc) is 3.16. The van der Waals surface area contributed by atoms with Crippen LogP contribution in [0.2, 0.25) is 0 Å². The molecular weight excluding hydrogens is 240 g/mol. The minimum atomic E-state index is 0.637. The van der Waals surface area contributed by atoms with Crippen molar-refractivity contribution >= 4 is 0 Å². The molecule has 2 aliphatic rings. The summed E-state index contributed by atoms with van der Waals surface area (Å²) in [4.78, 5) is 6.94. The minimum Gasteiger partial charge on any atom is -0.339 e. The summed E-state index contributed by atoms with van der Waals surface area (Å²) in [5, 5.41) is 7.73. The molecule has 1 aliphatic carbocycles. The topological polar surface area (TPSA) is 54.2 Å². The molecule has 19 heavy (non-hydrogen) atoms. The molecule has 1 atom stereocenters. The van der Waals surface area contributed by atoms with Crippen LogP contribution in [0.3, 0.4) is 0 Å². The summed E-state index contributed by atoms with van der Waals surface area (Å²) in [5.74, 6) is 1.59. The Bertz CT molecular complexity index is 402. The lowest BCUT2D eigenvalue weighted by Gasteiger charge is -2.35. The van der Waals surface area contributed by atoms with E-state index in [1.807, 2.05) is 6.92 Å². The summed E-state index contributed by atoms with van der Waals surface area (Å²) >= 11 is 0. The molecule has 5 nitrogen and oxygen atoms in total. The number of likely N-dealkylation sites (tertiary alicyclic amines) is 1. The molecule has 1 saturated heterocycles. The number of piperidine rings is 1. The number of aryl methyl sites for hydroxylation is 1. The van der Waals surface area contributed by atoms with Crippen LogP contribution >= 0.6 is 0 Å². The molecule has 1 N–H and O–H groups in total. The highest BCUT2D eigenvalue weighted by Crippen LogP contribution is 2.22. The van der Waals surface area contributed by atoms with Crippen molar-refractivity contribution in [3.63, 3.8) is 0 Å². The molecule has 2 fully saturated rings. The van der Waals surface area contributed by atoms with E-state index >= 15 is 0 Å². The Morgan fingerprint density at radius 2 is 2.21 bits per heavy atom. The van der Waals surface area contributed by atoms with Gasteiger partial charge in [0.05, 0.1) is 6.54 Å². The van der Waals surface area contributed by atoms with Crippen molar-refractivity contribution in [2.45, 2.75) is 64.1 Å². The van der Waals surface area contributed by atoms with Crippen LogP contribution in [-0.4, -0.2) is 40.2 Å². The molecule has 1 aromatic rings. The first kappa shape index (κ1) is 13.1. The van der Waals surface area contributed by atoms with Crippen LogP contribution in [0, 0.1) is 0 Å². The average molecular weight is 264 g/mol. The van der Waals surface area contributed by atoms with Gasteiger partial charge in [-0.05, 0) is 32.2 Å². The normalized spacial score (nSPS) is 24.8. The van der Waals surface area contributed by atoms with Gasteiger partial charge in [-0.15, -0.1) is 0 Å². The third-order valence-corrected chi connectivity index (χ3v) is 4.13. The molecular formula is C14H24N4O. The van der Waals surface area contributed by atoms with Gasteiger partial charge in [0.15, 0.2) is 5.82 Å². The predicted octanol–water partition coefficient (Wildman–Crippen LogP) is 1.74. The zero-order valence-electron chi connectivity index (χ0n) is 11.8. The van der Waals surface area contributed by atoms with Crippen LogP contribution in [0.15, 0.2) is 4.52 Å². The monoisotopic (exact) mass is 264 g/mol. The summed E-state index contributed by atoms with van der Waals surface area (Å²) in [7, 11) is 0. The van der Waals surface area contributed by atoms with Crippen molar-refractivity contribution < 1.29 is 4.52 Å². The smallest absolute Gasteiger partial charge is 0.226 e. The summed E-state index contributed by atoms with van der Waals surface area (Å²) in [6.07, 6.45) is 7.46. The van der Waals surface area contributed by atoms with E-state index in [1.54, 1.807) is 0 Å². The van der Waals surface area contributed by atoms with Gasteiger partial charge in [-0.3, -0.25) is 4.90 Å². The largest absolute Gasteiger partial charge is 0.339 e. The van der Waals surface area contributed by atoms with Crippen LogP contribution in [0.4, 0.5) is 0 Å². The molecule has 1 aliphatic heterocycles. The number of rotatable bonds is 6. The molecule has 5 heteroatoms. The second kappa shape index (κ2) is 6.01. The van der Waals surface area contributed by atoms with Crippen molar-refractivity contribution in [3.8, 4) is 0 Å². The van der Waals surface area contributed by atoms with Gasteiger partial charge in [0, 0.05) is 25.0 Å². The minimum absolute atomic E-state index is 0.637. The number of nitrogens with zero attached hydrogens (tertiary/aromatic N) is 3. The predicted molar refractivity (Wildman–Crippen MR) is 72.7 cm³/mol. The van der Waals surface area contributed by atoms with E-state index in [-0.39, 0.29) is 0 Å². The summed E-state index contributed by atoms with van der Waals surface area (Å²) in [6, 6.07) is 1.43. The third-order valence-electron chi connectivity index (χ3n) is 4.13. The van der Waals surface area contributed by atoms with Gasteiger partial charge in [-0.25, -0.2) is 0 Å². The zero-order chi connectivity index (χ0) is 13.1. The second-order valence-electron chi connectivity index (χ2n) is 5.76. The molecule has 0 amide bonds. The molecule has 3 rings (SSSR count). The summed E-state index contributed by atoms with van der Waals surface area (Å²) in [6.45, 7) is 5.15. The fourth-order valence-corrected chi connectivity index (χ4v) is 2.77. The van der Waals surface area contributed by atoms with Gasteiger partial charge in [-0.2, -0.15) is 4.98 Å². The Morgan fingerprint density at radius 3 is 2.95 bits per heavy atom. The van der Waals surface area contributed by atoms with Gasteiger partial charge in [0.25, 0.3) is 0 Å². The number of hydrogen-bond donors (Lipinski definition) is 1. The molecule has 1 unspecified atom stereocenters. The zero-order valence-corrected chi connectivity index (χ0v) is 11.8. The van der Waals surface area contributed by atoms with Crippen molar-refractivity contribution in [2.75, 3.05) is 13.1 Å². The number of nitrogens with one attached hydrogen (secondary N) is 1. The first-order valence-electron chi connectivity index (χ1n) is 7.64. The molecule has 1 aromatic heterocycles. The van der Waals surface area contributed by atoms with E-state index in [9.17, 15) is 0 Å². The lowest BCUT2D eigenvalue weighted by molar-refractivity contribution is 0.132. The Morgan fingerprint density at radius 1 is 1.32 bits per heavy atom. The van der Waals surface area contributed by atoms with Crippen molar-refractivity contribution in [2.24, 2.45) is 0 Å².